The lowest BCUT2D eigenvalue weighted by Gasteiger charge is -2.29. The van der Waals surface area contributed by atoms with Gasteiger partial charge in [-0.05, 0) is 56.5 Å². The van der Waals surface area contributed by atoms with Crippen molar-refractivity contribution in [2.75, 3.05) is 40.8 Å². The minimum atomic E-state index is 0.493. The molecule has 1 N–H and O–H groups in total. The summed E-state index contributed by atoms with van der Waals surface area (Å²) in [4.78, 5) is 0. The largest absolute Gasteiger partial charge is 0.331 e. The summed E-state index contributed by atoms with van der Waals surface area (Å²) in [7, 11) is 6.83. The highest BCUT2D eigenvalue weighted by Crippen LogP contribution is 2.30. The zero-order valence-corrected chi connectivity index (χ0v) is 15.4. The first kappa shape index (κ1) is 19.9. The van der Waals surface area contributed by atoms with Crippen molar-refractivity contribution in [3.05, 3.63) is 0 Å². The lowest BCUT2D eigenvalue weighted by molar-refractivity contribution is -0.870. The predicted octanol–water partition coefficient (Wildman–Crippen LogP) is 4.31. The van der Waals surface area contributed by atoms with Gasteiger partial charge in [0.2, 0.25) is 0 Å². The van der Waals surface area contributed by atoms with Crippen molar-refractivity contribution in [2.24, 2.45) is 11.3 Å². The fourth-order valence-corrected chi connectivity index (χ4v) is 2.27. The van der Waals surface area contributed by atoms with Crippen LogP contribution in [0.3, 0.4) is 0 Å². The number of quaternary nitrogens is 1. The highest BCUT2D eigenvalue weighted by Gasteiger charge is 2.21. The van der Waals surface area contributed by atoms with E-state index < -0.39 is 0 Å². The average molecular weight is 286 g/mol. The van der Waals surface area contributed by atoms with Gasteiger partial charge in [0.15, 0.2) is 0 Å². The lowest BCUT2D eigenvalue weighted by atomic mass is 9.77. The Hall–Kier alpha value is -0.0800. The smallest absolute Gasteiger partial charge is 0.0780 e. The van der Waals surface area contributed by atoms with Gasteiger partial charge in [-0.1, -0.05) is 34.1 Å². The molecule has 20 heavy (non-hydrogen) atoms. The fraction of sp³-hybridized carbons (Fsp3) is 1.00. The van der Waals surface area contributed by atoms with Crippen molar-refractivity contribution >= 4 is 0 Å². The topological polar surface area (TPSA) is 12.0 Å². The number of hydrogen-bond acceptors (Lipinski definition) is 1. The summed E-state index contributed by atoms with van der Waals surface area (Å²) in [6.45, 7) is 13.2. The molecule has 122 valence electrons. The Morgan fingerprint density at radius 2 is 1.40 bits per heavy atom. The normalized spacial score (nSPS) is 13.2. The van der Waals surface area contributed by atoms with Gasteiger partial charge < -0.3 is 9.80 Å². The van der Waals surface area contributed by atoms with Crippen molar-refractivity contribution in [2.45, 2.75) is 66.2 Å². The van der Waals surface area contributed by atoms with Crippen molar-refractivity contribution < 1.29 is 4.48 Å². The number of rotatable bonds is 12. The summed E-state index contributed by atoms with van der Waals surface area (Å²) in [5, 5.41) is 3.60. The third-order valence-electron chi connectivity index (χ3n) is 4.67. The maximum Gasteiger partial charge on any atom is 0.0780 e. The summed E-state index contributed by atoms with van der Waals surface area (Å²) in [6.07, 6.45) is 8.12. The van der Waals surface area contributed by atoms with Crippen LogP contribution in [-0.2, 0) is 0 Å². The van der Waals surface area contributed by atoms with Crippen LogP contribution in [0.4, 0.5) is 0 Å². The van der Waals surface area contributed by atoms with Crippen LogP contribution in [0.15, 0.2) is 0 Å². The molecule has 0 amide bonds. The Balaban J connectivity index is 3.30. The molecule has 0 atom stereocenters. The molecule has 0 unspecified atom stereocenters. The predicted molar refractivity (Wildman–Crippen MR) is 92.1 cm³/mol. The number of nitrogens with one attached hydrogen (secondary N) is 1. The maximum absolute atomic E-state index is 3.60. The Bertz CT molecular complexity index is 226. The number of hydrogen-bond donors (Lipinski definition) is 1. The molecule has 0 saturated carbocycles. The molecule has 0 aliphatic carbocycles. The molecule has 0 radical (unpaired) electrons. The van der Waals surface area contributed by atoms with Crippen LogP contribution >= 0.6 is 0 Å². The van der Waals surface area contributed by atoms with Crippen molar-refractivity contribution in [1.82, 2.24) is 5.32 Å². The Morgan fingerprint density at radius 3 is 1.95 bits per heavy atom. The molecular formula is C18H41N2+. The molecule has 0 aromatic carbocycles. The molecule has 0 spiro atoms. The zero-order valence-electron chi connectivity index (χ0n) is 15.4. The van der Waals surface area contributed by atoms with Gasteiger partial charge in [-0.15, -0.1) is 0 Å². The first-order valence-corrected chi connectivity index (χ1v) is 8.66. The molecule has 2 nitrogen and oxygen atoms in total. The Morgan fingerprint density at radius 1 is 0.850 bits per heavy atom. The molecule has 2 heteroatoms. The highest BCUT2D eigenvalue weighted by atomic mass is 15.3. The first-order valence-electron chi connectivity index (χ1n) is 8.66. The SMILES string of the molecule is CC(C)C(C)(C)CCCNCCCCCC[N+](C)(C)C. The summed E-state index contributed by atoms with van der Waals surface area (Å²) in [5.41, 5.74) is 0.493. The average Bonchev–Trinajstić information content (AvgIpc) is 2.29. The Kier molecular flexibility index (Phi) is 9.74. The van der Waals surface area contributed by atoms with E-state index >= 15 is 0 Å². The van der Waals surface area contributed by atoms with Crippen molar-refractivity contribution in [1.29, 1.82) is 0 Å². The first-order chi connectivity index (χ1) is 9.15. The van der Waals surface area contributed by atoms with E-state index in [1.54, 1.807) is 0 Å². The van der Waals surface area contributed by atoms with Crippen LogP contribution in [-0.4, -0.2) is 45.3 Å². The second kappa shape index (κ2) is 9.78. The second-order valence-electron chi connectivity index (χ2n) is 8.42. The van der Waals surface area contributed by atoms with E-state index in [2.05, 4.69) is 54.2 Å². The summed E-state index contributed by atoms with van der Waals surface area (Å²) < 4.78 is 1.10. The van der Waals surface area contributed by atoms with Gasteiger partial charge >= 0.3 is 0 Å². The molecule has 0 aliphatic heterocycles. The molecule has 0 rings (SSSR count). The minimum Gasteiger partial charge on any atom is -0.331 e. The van der Waals surface area contributed by atoms with Crippen molar-refractivity contribution in [3.8, 4) is 0 Å². The van der Waals surface area contributed by atoms with Gasteiger partial charge in [0, 0.05) is 0 Å². The Labute approximate surface area is 128 Å². The van der Waals surface area contributed by atoms with E-state index in [-0.39, 0.29) is 0 Å². The molecule has 0 aromatic heterocycles. The van der Waals surface area contributed by atoms with E-state index in [1.165, 1.54) is 58.2 Å². The molecule has 0 heterocycles. The van der Waals surface area contributed by atoms with Gasteiger partial charge in [-0.3, -0.25) is 0 Å². The maximum atomic E-state index is 3.60. The lowest BCUT2D eigenvalue weighted by Crippen LogP contribution is -2.35. The number of nitrogens with zero attached hydrogens (tertiary/aromatic N) is 1. The van der Waals surface area contributed by atoms with Crippen LogP contribution in [0.2, 0.25) is 0 Å². The fourth-order valence-electron chi connectivity index (χ4n) is 2.27. The third-order valence-corrected chi connectivity index (χ3v) is 4.67. The van der Waals surface area contributed by atoms with Gasteiger partial charge in [-0.25, -0.2) is 0 Å². The van der Waals surface area contributed by atoms with E-state index in [9.17, 15) is 0 Å². The summed E-state index contributed by atoms with van der Waals surface area (Å²) >= 11 is 0. The molecule has 0 saturated heterocycles. The van der Waals surface area contributed by atoms with Gasteiger partial charge in [-0.2, -0.15) is 0 Å². The molecule has 0 fully saturated rings. The third kappa shape index (κ3) is 11.7. The van der Waals surface area contributed by atoms with Gasteiger partial charge in [0.05, 0.1) is 27.7 Å². The molecule has 0 aliphatic rings. The van der Waals surface area contributed by atoms with Crippen LogP contribution in [0.5, 0.6) is 0 Å². The highest BCUT2D eigenvalue weighted by molar-refractivity contribution is 4.72. The standard InChI is InChI=1S/C18H41N2/c1-17(2)18(3,4)13-12-15-19-14-10-8-9-11-16-20(5,6)7/h17,19H,8-16H2,1-7H3/q+1. The zero-order chi connectivity index (χ0) is 15.6. The van der Waals surface area contributed by atoms with E-state index in [4.69, 9.17) is 0 Å². The molecule has 0 aromatic rings. The van der Waals surface area contributed by atoms with Gasteiger partial charge in [0.1, 0.15) is 0 Å². The molecular weight excluding hydrogens is 244 g/mol. The van der Waals surface area contributed by atoms with Crippen LogP contribution in [0.25, 0.3) is 0 Å². The van der Waals surface area contributed by atoms with E-state index in [0.717, 1.165) is 10.4 Å². The van der Waals surface area contributed by atoms with Crippen molar-refractivity contribution in [3.63, 3.8) is 0 Å². The van der Waals surface area contributed by atoms with Gasteiger partial charge in [0.25, 0.3) is 0 Å². The summed E-state index contributed by atoms with van der Waals surface area (Å²) in [6, 6.07) is 0. The van der Waals surface area contributed by atoms with E-state index in [0.29, 0.717) is 5.41 Å². The van der Waals surface area contributed by atoms with E-state index in [1.807, 2.05) is 0 Å². The van der Waals surface area contributed by atoms with Crippen LogP contribution < -0.4 is 5.32 Å². The van der Waals surface area contributed by atoms with Crippen LogP contribution in [0.1, 0.15) is 66.2 Å². The summed E-state index contributed by atoms with van der Waals surface area (Å²) in [5.74, 6) is 0.781. The monoisotopic (exact) mass is 285 g/mol. The molecule has 0 bridgehead atoms. The second-order valence-corrected chi connectivity index (χ2v) is 8.42. The van der Waals surface area contributed by atoms with Crippen LogP contribution in [0, 0.1) is 11.3 Å². The number of unbranched alkanes of at least 4 members (excludes halogenated alkanes) is 3. The minimum absolute atomic E-state index is 0.493. The quantitative estimate of drug-likeness (QED) is 0.416.